The number of carbonyl (C=O) groups is 2. The van der Waals surface area contributed by atoms with E-state index in [0.717, 1.165) is 47.6 Å². The van der Waals surface area contributed by atoms with Crippen molar-refractivity contribution in [1.29, 1.82) is 0 Å². The monoisotopic (exact) mass is 490 g/mol. The molecule has 4 rings (SSSR count). The predicted molar refractivity (Wildman–Crippen MR) is 127 cm³/mol. The van der Waals surface area contributed by atoms with Crippen LogP contribution in [-0.2, 0) is 20.9 Å². The largest absolute Gasteiger partial charge is 0.480 e. The van der Waals surface area contributed by atoms with Crippen molar-refractivity contribution in [1.82, 2.24) is 14.0 Å². The lowest BCUT2D eigenvalue weighted by Crippen LogP contribution is -2.55. The highest BCUT2D eigenvalue weighted by Gasteiger charge is 2.33. The quantitative estimate of drug-likeness (QED) is 0.634. The highest BCUT2D eigenvalue weighted by molar-refractivity contribution is 5.85. The number of amides is 1. The summed E-state index contributed by atoms with van der Waals surface area (Å²) in [5, 5.41) is 12.6. The molecule has 1 amide bonds. The van der Waals surface area contributed by atoms with Gasteiger partial charge in [-0.3, -0.25) is 18.7 Å². The van der Waals surface area contributed by atoms with E-state index in [9.17, 15) is 24.3 Å². The number of carboxylic acids is 1. The van der Waals surface area contributed by atoms with Gasteiger partial charge in [0.25, 0.3) is 5.56 Å². The van der Waals surface area contributed by atoms with Gasteiger partial charge >= 0.3 is 11.7 Å². The molecule has 1 aromatic heterocycles. The van der Waals surface area contributed by atoms with Crippen LogP contribution in [0.25, 0.3) is 10.9 Å². The lowest BCUT2D eigenvalue weighted by molar-refractivity contribution is -0.158. The number of aliphatic carboxylic acids is 1. The number of benzene rings is 1. The molecule has 2 fully saturated rings. The van der Waals surface area contributed by atoms with E-state index in [2.05, 4.69) is 5.32 Å². The summed E-state index contributed by atoms with van der Waals surface area (Å²) in [5.74, 6) is -2.53. The van der Waals surface area contributed by atoms with Gasteiger partial charge in [-0.1, -0.05) is 19.3 Å². The maximum Gasteiger partial charge on any atom is 0.332 e. The number of fused-ring (bicyclic) bond motifs is 1. The zero-order chi connectivity index (χ0) is 25.3. The Morgan fingerprint density at radius 3 is 2.57 bits per heavy atom. The average Bonchev–Trinajstić information content (AvgIpc) is 2.83. The second kappa shape index (κ2) is 10.2. The van der Waals surface area contributed by atoms with E-state index in [1.165, 1.54) is 10.6 Å². The molecule has 1 unspecified atom stereocenters. The molecule has 2 aliphatic rings. The third kappa shape index (κ3) is 4.95. The van der Waals surface area contributed by atoms with E-state index in [1.54, 1.807) is 13.8 Å². The Balaban J connectivity index is 1.75. The highest BCUT2D eigenvalue weighted by atomic mass is 19.1. The number of rotatable bonds is 6. The van der Waals surface area contributed by atoms with Gasteiger partial charge in [-0.25, -0.2) is 14.0 Å². The zero-order valence-electron chi connectivity index (χ0n) is 20.0. The lowest BCUT2D eigenvalue weighted by atomic mass is 9.95. The maximum absolute atomic E-state index is 15.1. The molecule has 2 N–H and O–H groups in total. The van der Waals surface area contributed by atoms with Crippen LogP contribution in [0.1, 0.15) is 52.0 Å². The number of nitrogens with zero attached hydrogens (tertiary/aromatic N) is 3. The summed E-state index contributed by atoms with van der Waals surface area (Å²) in [6.45, 7) is 2.89. The molecular formula is C24H31FN4O6. The van der Waals surface area contributed by atoms with E-state index in [4.69, 9.17) is 4.74 Å². The molecule has 1 aliphatic carbocycles. The molecule has 0 bridgehead atoms. The molecule has 0 radical (unpaired) electrons. The fourth-order valence-corrected chi connectivity index (χ4v) is 4.95. The first kappa shape index (κ1) is 24.9. The fourth-order valence-electron chi connectivity index (χ4n) is 4.95. The number of nitrogens with one attached hydrogen (secondary N) is 1. The van der Waals surface area contributed by atoms with E-state index in [-0.39, 0.29) is 48.4 Å². The topological polar surface area (TPSA) is 123 Å². The molecule has 1 saturated heterocycles. The van der Waals surface area contributed by atoms with Gasteiger partial charge in [0, 0.05) is 18.6 Å². The zero-order valence-corrected chi connectivity index (χ0v) is 20.0. The number of morpholine rings is 1. The van der Waals surface area contributed by atoms with Gasteiger partial charge in [0.1, 0.15) is 12.4 Å². The van der Waals surface area contributed by atoms with Gasteiger partial charge in [0.05, 0.1) is 29.8 Å². The minimum atomic E-state index is -1.23. The summed E-state index contributed by atoms with van der Waals surface area (Å²) >= 11 is 0. The first-order valence-electron chi connectivity index (χ1n) is 12.0. The van der Waals surface area contributed by atoms with Crippen LogP contribution in [0, 0.1) is 5.82 Å². The minimum absolute atomic E-state index is 0.0189. The number of carboxylic acid groups (broad SMARTS) is 1. The highest BCUT2D eigenvalue weighted by Crippen LogP contribution is 2.26. The Kier molecular flexibility index (Phi) is 7.25. The molecule has 1 aliphatic heterocycles. The smallest absolute Gasteiger partial charge is 0.332 e. The summed E-state index contributed by atoms with van der Waals surface area (Å²) in [4.78, 5) is 52.2. The van der Waals surface area contributed by atoms with E-state index in [1.807, 2.05) is 0 Å². The summed E-state index contributed by atoms with van der Waals surface area (Å²) in [6.07, 6.45) is 5.14. The standard InChI is InChI=1S/C24H31FN4O6/c1-14(2)29-19-11-18(26-15-6-4-3-5-7-15)17(25)10-16(19)22(31)28(24(29)34)12-21(30)27-8-9-35-13-20(27)23(32)33/h10-11,14-15,20,26H,3-9,12-13H2,1-2H3,(H,32,33). The Morgan fingerprint density at radius 1 is 1.20 bits per heavy atom. The van der Waals surface area contributed by atoms with Crippen LogP contribution in [0.5, 0.6) is 0 Å². The molecule has 1 atom stereocenters. The predicted octanol–water partition coefficient (Wildman–Crippen LogP) is 1.94. The average molecular weight is 491 g/mol. The van der Waals surface area contributed by atoms with Crippen molar-refractivity contribution in [3.8, 4) is 0 Å². The SMILES string of the molecule is CC(C)n1c(=O)n(CC(=O)N2CCOCC2C(=O)O)c(=O)c2cc(F)c(NC3CCCCC3)cc21. The number of ether oxygens (including phenoxy) is 1. The van der Waals surface area contributed by atoms with Gasteiger partial charge in [-0.2, -0.15) is 0 Å². The van der Waals surface area contributed by atoms with E-state index < -0.39 is 41.5 Å². The van der Waals surface area contributed by atoms with Crippen molar-refractivity contribution >= 4 is 28.5 Å². The van der Waals surface area contributed by atoms with Gasteiger partial charge in [-0.05, 0) is 38.8 Å². The van der Waals surface area contributed by atoms with Gasteiger partial charge in [-0.15, -0.1) is 0 Å². The Bertz CT molecular complexity index is 1250. The van der Waals surface area contributed by atoms with Crippen LogP contribution in [0.2, 0.25) is 0 Å². The van der Waals surface area contributed by atoms with Crippen molar-refractivity contribution in [3.63, 3.8) is 0 Å². The van der Waals surface area contributed by atoms with Crippen LogP contribution in [-0.4, -0.2) is 62.9 Å². The fraction of sp³-hybridized carbons (Fsp3) is 0.583. The maximum atomic E-state index is 15.1. The van der Waals surface area contributed by atoms with E-state index in [0.29, 0.717) is 0 Å². The van der Waals surface area contributed by atoms with Gasteiger partial charge in [0.2, 0.25) is 5.91 Å². The third-order valence-electron chi connectivity index (χ3n) is 6.77. The number of hydrogen-bond acceptors (Lipinski definition) is 6. The van der Waals surface area contributed by atoms with Crippen molar-refractivity contribution < 1.29 is 23.8 Å². The minimum Gasteiger partial charge on any atom is -0.480 e. The molecule has 2 heterocycles. The molecule has 1 aromatic carbocycles. The molecule has 0 spiro atoms. The van der Waals surface area contributed by atoms with Crippen LogP contribution in [0.3, 0.4) is 0 Å². The number of aromatic nitrogens is 2. The first-order chi connectivity index (χ1) is 16.7. The van der Waals surface area contributed by atoms with Crippen molar-refractivity contribution in [2.24, 2.45) is 0 Å². The number of anilines is 1. The summed E-state index contributed by atoms with van der Waals surface area (Å²) in [6, 6.07) is 1.15. The molecule has 2 aromatic rings. The lowest BCUT2D eigenvalue weighted by Gasteiger charge is -2.33. The van der Waals surface area contributed by atoms with Crippen molar-refractivity contribution in [2.75, 3.05) is 25.1 Å². The van der Waals surface area contributed by atoms with E-state index >= 15 is 4.39 Å². The number of carbonyl (C=O) groups excluding carboxylic acids is 1. The second-order valence-corrected chi connectivity index (χ2v) is 9.48. The first-order valence-corrected chi connectivity index (χ1v) is 12.0. The summed E-state index contributed by atoms with van der Waals surface area (Å²) < 4.78 is 22.3. The Labute approximate surface area is 201 Å². The molecule has 11 heteroatoms. The molecule has 10 nitrogen and oxygen atoms in total. The summed E-state index contributed by atoms with van der Waals surface area (Å²) in [5.41, 5.74) is -0.975. The van der Waals surface area contributed by atoms with Crippen molar-refractivity contribution in [2.45, 2.75) is 70.6 Å². The Morgan fingerprint density at radius 2 is 1.91 bits per heavy atom. The molecule has 1 saturated carbocycles. The van der Waals surface area contributed by atoms with Crippen LogP contribution >= 0.6 is 0 Å². The molecular weight excluding hydrogens is 459 g/mol. The Hall–Kier alpha value is -3.21. The van der Waals surface area contributed by atoms with Crippen LogP contribution < -0.4 is 16.6 Å². The summed E-state index contributed by atoms with van der Waals surface area (Å²) in [7, 11) is 0. The molecule has 35 heavy (non-hydrogen) atoms. The number of halogens is 1. The second-order valence-electron chi connectivity index (χ2n) is 9.48. The molecule has 190 valence electrons. The van der Waals surface area contributed by atoms with Crippen molar-refractivity contribution in [3.05, 3.63) is 38.8 Å². The van der Waals surface area contributed by atoms with Crippen LogP contribution in [0.4, 0.5) is 10.1 Å². The van der Waals surface area contributed by atoms with Crippen LogP contribution in [0.15, 0.2) is 21.7 Å². The third-order valence-corrected chi connectivity index (χ3v) is 6.77. The van der Waals surface area contributed by atoms with Gasteiger partial charge in [0.15, 0.2) is 6.04 Å². The number of hydrogen-bond donors (Lipinski definition) is 2. The van der Waals surface area contributed by atoms with Gasteiger partial charge < -0.3 is 20.1 Å². The normalized spacial score (nSPS) is 19.3.